The van der Waals surface area contributed by atoms with E-state index in [1.165, 1.54) is 0 Å². The predicted octanol–water partition coefficient (Wildman–Crippen LogP) is 1.29. The van der Waals surface area contributed by atoms with Gasteiger partial charge in [0.05, 0.1) is 0 Å². The Morgan fingerprint density at radius 2 is 2.12 bits per heavy atom. The van der Waals surface area contributed by atoms with E-state index >= 15 is 0 Å². The van der Waals surface area contributed by atoms with Gasteiger partial charge in [-0.2, -0.15) is 0 Å². The van der Waals surface area contributed by atoms with Gasteiger partial charge in [0.2, 0.25) is 5.91 Å². The topological polar surface area (TPSA) is 45.2 Å². The van der Waals surface area contributed by atoms with Crippen molar-refractivity contribution in [1.82, 2.24) is 10.3 Å². The summed E-state index contributed by atoms with van der Waals surface area (Å²) in [6.07, 6.45) is 3.38. The summed E-state index contributed by atoms with van der Waals surface area (Å²) in [4.78, 5) is 17.6. The van der Waals surface area contributed by atoms with Crippen LogP contribution in [0.4, 0.5) is 5.69 Å². The summed E-state index contributed by atoms with van der Waals surface area (Å²) in [7, 11) is 1.79. The van der Waals surface area contributed by atoms with Crippen molar-refractivity contribution in [2.24, 2.45) is 5.92 Å². The summed E-state index contributed by atoms with van der Waals surface area (Å²) in [5.41, 5.74) is 0.878. The van der Waals surface area contributed by atoms with Crippen LogP contribution in [0.5, 0.6) is 0 Å². The minimum Gasteiger partial charge on any atom is -0.316 e. The molecule has 0 radical (unpaired) electrons. The van der Waals surface area contributed by atoms with Gasteiger partial charge in [-0.1, -0.05) is 13.8 Å². The summed E-state index contributed by atoms with van der Waals surface area (Å²) >= 11 is 0. The fourth-order valence-corrected chi connectivity index (χ4v) is 1.47. The summed E-state index contributed by atoms with van der Waals surface area (Å²) in [6.45, 7) is 5.56. The van der Waals surface area contributed by atoms with Crippen LogP contribution in [0.1, 0.15) is 13.8 Å². The third kappa shape index (κ3) is 3.31. The number of carbonyl (C=O) groups is 1. The predicted molar refractivity (Wildman–Crippen MR) is 65.4 cm³/mol. The third-order valence-corrected chi connectivity index (χ3v) is 2.50. The summed E-state index contributed by atoms with van der Waals surface area (Å²) in [6, 6.07) is 3.66. The quantitative estimate of drug-likeness (QED) is 0.815. The van der Waals surface area contributed by atoms with Crippen molar-refractivity contribution in [1.29, 1.82) is 0 Å². The van der Waals surface area contributed by atoms with Crippen LogP contribution in [-0.2, 0) is 4.79 Å². The van der Waals surface area contributed by atoms with E-state index in [1.807, 2.05) is 26.0 Å². The van der Waals surface area contributed by atoms with Gasteiger partial charge in [0.1, 0.15) is 0 Å². The van der Waals surface area contributed by atoms with Gasteiger partial charge < -0.3 is 10.2 Å². The lowest BCUT2D eigenvalue weighted by Gasteiger charge is -2.21. The second kappa shape index (κ2) is 6.23. The van der Waals surface area contributed by atoms with Gasteiger partial charge in [0.15, 0.2) is 0 Å². The van der Waals surface area contributed by atoms with E-state index in [0.29, 0.717) is 6.54 Å². The number of rotatable bonds is 5. The van der Waals surface area contributed by atoms with E-state index < -0.39 is 0 Å². The summed E-state index contributed by atoms with van der Waals surface area (Å²) in [5.74, 6) is 0.102. The molecule has 16 heavy (non-hydrogen) atoms. The smallest absolute Gasteiger partial charge is 0.230 e. The first-order chi connectivity index (χ1) is 7.66. The molecule has 1 aromatic heterocycles. The van der Waals surface area contributed by atoms with E-state index in [2.05, 4.69) is 10.3 Å². The zero-order valence-corrected chi connectivity index (χ0v) is 10.1. The Labute approximate surface area is 96.7 Å². The van der Waals surface area contributed by atoms with Crippen LogP contribution in [0, 0.1) is 5.92 Å². The molecule has 0 fully saturated rings. The Kier molecular flexibility index (Phi) is 4.92. The van der Waals surface area contributed by atoms with Crippen LogP contribution in [0.2, 0.25) is 0 Å². The van der Waals surface area contributed by atoms with E-state index in [9.17, 15) is 4.79 Å². The molecule has 0 saturated carbocycles. The first-order valence-electron chi connectivity index (χ1n) is 5.55. The number of hydrogen-bond donors (Lipinski definition) is 1. The minimum atomic E-state index is -0.0156. The normalized spacial score (nSPS) is 12.2. The molecule has 0 bridgehead atoms. The first-order valence-corrected chi connectivity index (χ1v) is 5.55. The van der Waals surface area contributed by atoms with Crippen LogP contribution in [0.25, 0.3) is 0 Å². The molecule has 4 heteroatoms. The van der Waals surface area contributed by atoms with Gasteiger partial charge in [-0.15, -0.1) is 0 Å². The molecule has 1 amide bonds. The molecule has 0 spiro atoms. The van der Waals surface area contributed by atoms with Crippen molar-refractivity contribution in [2.45, 2.75) is 13.8 Å². The zero-order valence-electron chi connectivity index (χ0n) is 10.1. The number of anilines is 1. The van der Waals surface area contributed by atoms with Gasteiger partial charge in [-0.05, 0) is 18.7 Å². The average Bonchev–Trinajstić information content (AvgIpc) is 2.35. The second-order valence-electron chi connectivity index (χ2n) is 3.81. The molecule has 1 unspecified atom stereocenters. The largest absolute Gasteiger partial charge is 0.316 e. The fraction of sp³-hybridized carbons (Fsp3) is 0.500. The first kappa shape index (κ1) is 12.6. The molecule has 1 rings (SSSR count). The fourth-order valence-electron chi connectivity index (χ4n) is 1.47. The Morgan fingerprint density at radius 1 is 1.50 bits per heavy atom. The lowest BCUT2D eigenvalue weighted by atomic mass is 10.1. The van der Waals surface area contributed by atoms with E-state index in [-0.39, 0.29) is 11.8 Å². The van der Waals surface area contributed by atoms with Gasteiger partial charge in [0.25, 0.3) is 0 Å². The number of hydrogen-bond acceptors (Lipinski definition) is 3. The Balaban J connectivity index is 2.60. The van der Waals surface area contributed by atoms with Crippen molar-refractivity contribution in [3.63, 3.8) is 0 Å². The highest BCUT2D eigenvalue weighted by Gasteiger charge is 2.17. The van der Waals surface area contributed by atoms with E-state index in [4.69, 9.17) is 0 Å². The number of nitrogens with zero attached hydrogens (tertiary/aromatic N) is 2. The molecule has 0 aliphatic heterocycles. The highest BCUT2D eigenvalue weighted by Crippen LogP contribution is 2.12. The van der Waals surface area contributed by atoms with E-state index in [1.54, 1.807) is 24.3 Å². The summed E-state index contributed by atoms with van der Waals surface area (Å²) in [5, 5.41) is 3.18. The van der Waals surface area contributed by atoms with Gasteiger partial charge in [-0.25, -0.2) is 0 Å². The molecule has 1 heterocycles. The highest BCUT2D eigenvalue weighted by molar-refractivity contribution is 5.94. The molecule has 4 nitrogen and oxygen atoms in total. The van der Waals surface area contributed by atoms with Crippen LogP contribution in [-0.4, -0.2) is 31.0 Å². The molecule has 0 saturated heterocycles. The van der Waals surface area contributed by atoms with Gasteiger partial charge in [0, 0.05) is 37.6 Å². The maximum Gasteiger partial charge on any atom is 0.230 e. The number of carbonyl (C=O) groups excluding carboxylic acids is 1. The van der Waals surface area contributed by atoms with Crippen LogP contribution < -0.4 is 10.2 Å². The lowest BCUT2D eigenvalue weighted by molar-refractivity contribution is -0.121. The Hall–Kier alpha value is -1.42. The molecule has 1 atom stereocenters. The molecular formula is C12H19N3O. The molecule has 0 aliphatic carbocycles. The molecule has 1 N–H and O–H groups in total. The Morgan fingerprint density at radius 3 is 2.69 bits per heavy atom. The number of pyridine rings is 1. The zero-order chi connectivity index (χ0) is 12.0. The number of nitrogens with one attached hydrogen (secondary N) is 1. The minimum absolute atomic E-state index is 0.0156. The molecular weight excluding hydrogens is 202 g/mol. The van der Waals surface area contributed by atoms with Crippen LogP contribution in [0.15, 0.2) is 24.5 Å². The van der Waals surface area contributed by atoms with Crippen molar-refractivity contribution in [3.8, 4) is 0 Å². The highest BCUT2D eigenvalue weighted by atomic mass is 16.2. The SMILES string of the molecule is CCNCC(C)C(=O)N(C)c1ccncc1. The van der Waals surface area contributed by atoms with Crippen molar-refractivity contribution in [3.05, 3.63) is 24.5 Å². The average molecular weight is 221 g/mol. The van der Waals surface area contributed by atoms with Crippen molar-refractivity contribution < 1.29 is 4.79 Å². The Bertz CT molecular complexity index is 326. The van der Waals surface area contributed by atoms with Crippen molar-refractivity contribution >= 4 is 11.6 Å². The molecule has 88 valence electrons. The van der Waals surface area contributed by atoms with Gasteiger partial charge >= 0.3 is 0 Å². The van der Waals surface area contributed by atoms with Crippen LogP contribution in [0.3, 0.4) is 0 Å². The maximum atomic E-state index is 12.0. The number of amides is 1. The maximum absolute atomic E-state index is 12.0. The monoisotopic (exact) mass is 221 g/mol. The molecule has 0 aliphatic rings. The lowest BCUT2D eigenvalue weighted by Crippen LogP contribution is -2.36. The van der Waals surface area contributed by atoms with Crippen LogP contribution >= 0.6 is 0 Å². The standard InChI is InChI=1S/C12H19N3O/c1-4-13-9-10(2)12(16)15(3)11-5-7-14-8-6-11/h5-8,10,13H,4,9H2,1-3H3. The molecule has 0 aromatic carbocycles. The number of aromatic nitrogens is 1. The summed E-state index contributed by atoms with van der Waals surface area (Å²) < 4.78 is 0. The molecule has 1 aromatic rings. The van der Waals surface area contributed by atoms with Gasteiger partial charge in [-0.3, -0.25) is 9.78 Å². The second-order valence-corrected chi connectivity index (χ2v) is 3.81. The third-order valence-electron chi connectivity index (χ3n) is 2.50. The van der Waals surface area contributed by atoms with E-state index in [0.717, 1.165) is 12.2 Å². The van der Waals surface area contributed by atoms with Crippen molar-refractivity contribution in [2.75, 3.05) is 25.0 Å².